The quantitative estimate of drug-likeness (QED) is 0.425. The molecule has 0 amide bonds. The molecule has 0 aliphatic carbocycles. The van der Waals surface area contributed by atoms with Crippen LogP contribution in [0.15, 0.2) is 53.6 Å². The van der Waals surface area contributed by atoms with E-state index in [1.54, 1.807) is 6.21 Å². The fraction of sp³-hybridized carbons (Fsp3) is 0. The van der Waals surface area contributed by atoms with Gasteiger partial charge in [-0.1, -0.05) is 30.3 Å². The number of hydrogen-bond donors (Lipinski definition) is 2. The van der Waals surface area contributed by atoms with Crippen LogP contribution in [0, 0.1) is 3.57 Å². The lowest BCUT2D eigenvalue weighted by Crippen LogP contribution is -1.93. The molecule has 1 aromatic heterocycles. The molecule has 5 heteroatoms. The van der Waals surface area contributed by atoms with Crippen molar-refractivity contribution in [2.45, 2.75) is 0 Å². The lowest BCUT2D eigenvalue weighted by Gasteiger charge is -1.96. The van der Waals surface area contributed by atoms with E-state index in [2.05, 4.69) is 43.1 Å². The van der Waals surface area contributed by atoms with Gasteiger partial charge in [-0.2, -0.15) is 5.10 Å². The lowest BCUT2D eigenvalue weighted by atomic mass is 10.2. The number of rotatable bonds is 3. The van der Waals surface area contributed by atoms with Crippen molar-refractivity contribution in [1.82, 2.24) is 9.97 Å². The summed E-state index contributed by atoms with van der Waals surface area (Å²) in [5.41, 5.74) is 5.91. The van der Waals surface area contributed by atoms with Gasteiger partial charge in [-0.15, -0.1) is 0 Å². The van der Waals surface area contributed by atoms with Crippen LogP contribution in [0.2, 0.25) is 0 Å². The zero-order valence-corrected chi connectivity index (χ0v) is 12.1. The second-order valence-electron chi connectivity index (χ2n) is 3.99. The van der Waals surface area contributed by atoms with E-state index in [0.29, 0.717) is 5.95 Å². The number of benzene rings is 2. The van der Waals surface area contributed by atoms with E-state index in [0.717, 1.165) is 20.2 Å². The van der Waals surface area contributed by atoms with Crippen molar-refractivity contribution in [3.8, 4) is 0 Å². The maximum Gasteiger partial charge on any atom is 0.222 e. The Bertz CT molecular complexity index is 700. The summed E-state index contributed by atoms with van der Waals surface area (Å²) >= 11 is 2.28. The average Bonchev–Trinajstić information content (AvgIpc) is 2.83. The molecule has 0 unspecified atom stereocenters. The normalized spacial score (nSPS) is 11.2. The van der Waals surface area contributed by atoms with Gasteiger partial charge in [0.15, 0.2) is 0 Å². The highest BCUT2D eigenvalue weighted by molar-refractivity contribution is 14.1. The van der Waals surface area contributed by atoms with Gasteiger partial charge in [0, 0.05) is 9.13 Å². The molecule has 0 bridgehead atoms. The first-order valence-electron chi connectivity index (χ1n) is 5.81. The number of nitrogens with zero attached hydrogens (tertiary/aromatic N) is 2. The predicted octanol–water partition coefficient (Wildman–Crippen LogP) is 3.61. The molecule has 0 atom stereocenters. The number of nitrogens with one attached hydrogen (secondary N) is 2. The highest BCUT2D eigenvalue weighted by Gasteiger charge is 1.99. The number of H-pyrrole nitrogens is 1. The second kappa shape index (κ2) is 5.40. The van der Waals surface area contributed by atoms with E-state index in [1.165, 1.54) is 0 Å². The number of aromatic nitrogens is 2. The molecule has 0 saturated carbocycles. The molecule has 2 N–H and O–H groups in total. The molecule has 3 aromatic rings. The topological polar surface area (TPSA) is 53.1 Å². The van der Waals surface area contributed by atoms with Crippen molar-refractivity contribution in [2.24, 2.45) is 5.10 Å². The molecular weight excluding hydrogens is 351 g/mol. The van der Waals surface area contributed by atoms with Gasteiger partial charge in [0.2, 0.25) is 5.95 Å². The highest BCUT2D eigenvalue weighted by atomic mass is 127. The maximum atomic E-state index is 4.38. The lowest BCUT2D eigenvalue weighted by molar-refractivity contribution is 1.21. The van der Waals surface area contributed by atoms with Crippen LogP contribution in [0.5, 0.6) is 0 Å². The molecule has 94 valence electrons. The molecule has 19 heavy (non-hydrogen) atoms. The standard InChI is InChI=1S/C14H11IN4/c15-11-6-2-1-5-10(11)9-16-19-14-17-12-7-3-4-8-13(12)18-14/h1-9H,(H2,17,18,19)/b16-9+. The summed E-state index contributed by atoms with van der Waals surface area (Å²) in [5.74, 6) is 0.642. The number of halogens is 1. The molecule has 0 radical (unpaired) electrons. The van der Waals surface area contributed by atoms with Crippen LogP contribution in [0.25, 0.3) is 11.0 Å². The van der Waals surface area contributed by atoms with Crippen molar-refractivity contribution >= 4 is 45.8 Å². The van der Waals surface area contributed by atoms with E-state index < -0.39 is 0 Å². The summed E-state index contributed by atoms with van der Waals surface area (Å²) in [4.78, 5) is 7.54. The van der Waals surface area contributed by atoms with Crippen LogP contribution in [0.1, 0.15) is 5.56 Å². The van der Waals surface area contributed by atoms with Gasteiger partial charge in [0.1, 0.15) is 0 Å². The second-order valence-corrected chi connectivity index (χ2v) is 5.16. The SMILES string of the molecule is Ic1ccccc1/C=N/Nc1nc2ccccc2[nH]1. The third-order valence-electron chi connectivity index (χ3n) is 2.67. The number of hydrogen-bond acceptors (Lipinski definition) is 3. The van der Waals surface area contributed by atoms with Crippen LogP contribution in [0.4, 0.5) is 5.95 Å². The Hall–Kier alpha value is -1.89. The van der Waals surface area contributed by atoms with E-state index in [-0.39, 0.29) is 0 Å². The Kier molecular flexibility index (Phi) is 3.45. The van der Waals surface area contributed by atoms with Crippen LogP contribution in [-0.4, -0.2) is 16.2 Å². The van der Waals surface area contributed by atoms with Gasteiger partial charge in [0.05, 0.1) is 17.2 Å². The van der Waals surface area contributed by atoms with E-state index in [1.807, 2.05) is 48.5 Å². The third kappa shape index (κ3) is 2.76. The summed E-state index contributed by atoms with van der Waals surface area (Å²) in [6.07, 6.45) is 1.79. The van der Waals surface area contributed by atoms with Crippen molar-refractivity contribution in [1.29, 1.82) is 0 Å². The first-order chi connectivity index (χ1) is 9.33. The largest absolute Gasteiger partial charge is 0.323 e. The predicted molar refractivity (Wildman–Crippen MR) is 86.5 cm³/mol. The summed E-state index contributed by atoms with van der Waals surface area (Å²) in [5, 5.41) is 4.19. The van der Waals surface area contributed by atoms with Crippen molar-refractivity contribution in [2.75, 3.05) is 5.43 Å². The Morgan fingerprint density at radius 3 is 2.74 bits per heavy atom. The zero-order valence-electron chi connectivity index (χ0n) is 9.97. The first kappa shape index (κ1) is 12.2. The minimum Gasteiger partial charge on any atom is -0.323 e. The van der Waals surface area contributed by atoms with Gasteiger partial charge in [-0.3, -0.25) is 0 Å². The van der Waals surface area contributed by atoms with Crippen molar-refractivity contribution in [3.05, 3.63) is 57.7 Å². The van der Waals surface area contributed by atoms with Gasteiger partial charge in [-0.25, -0.2) is 10.4 Å². The number of para-hydroxylation sites is 2. The number of imidazole rings is 1. The summed E-state index contributed by atoms with van der Waals surface area (Å²) in [6.45, 7) is 0. The number of aromatic amines is 1. The molecular formula is C14H11IN4. The molecule has 3 rings (SSSR count). The highest BCUT2D eigenvalue weighted by Crippen LogP contribution is 2.13. The zero-order chi connectivity index (χ0) is 13.1. The van der Waals surface area contributed by atoms with E-state index in [9.17, 15) is 0 Å². The van der Waals surface area contributed by atoms with Crippen LogP contribution < -0.4 is 5.43 Å². The van der Waals surface area contributed by atoms with Gasteiger partial charge in [-0.05, 0) is 40.8 Å². The smallest absolute Gasteiger partial charge is 0.222 e. The first-order valence-corrected chi connectivity index (χ1v) is 6.89. The molecule has 0 aliphatic rings. The minimum atomic E-state index is 0.642. The number of anilines is 1. The Morgan fingerprint density at radius 2 is 1.89 bits per heavy atom. The fourth-order valence-corrected chi connectivity index (χ4v) is 2.28. The Morgan fingerprint density at radius 1 is 1.11 bits per heavy atom. The fourth-order valence-electron chi connectivity index (χ4n) is 1.75. The van der Waals surface area contributed by atoms with Gasteiger partial charge in [0.25, 0.3) is 0 Å². The minimum absolute atomic E-state index is 0.642. The average molecular weight is 362 g/mol. The van der Waals surface area contributed by atoms with E-state index >= 15 is 0 Å². The van der Waals surface area contributed by atoms with Crippen molar-refractivity contribution < 1.29 is 0 Å². The van der Waals surface area contributed by atoms with Crippen LogP contribution in [0.3, 0.4) is 0 Å². The van der Waals surface area contributed by atoms with Crippen LogP contribution >= 0.6 is 22.6 Å². The van der Waals surface area contributed by atoms with Gasteiger partial charge < -0.3 is 4.98 Å². The molecule has 0 spiro atoms. The molecule has 0 fully saturated rings. The summed E-state index contributed by atoms with van der Waals surface area (Å²) < 4.78 is 1.16. The Balaban J connectivity index is 1.77. The summed E-state index contributed by atoms with van der Waals surface area (Å²) in [7, 11) is 0. The molecule has 1 heterocycles. The number of hydrazone groups is 1. The number of fused-ring (bicyclic) bond motifs is 1. The monoisotopic (exact) mass is 362 g/mol. The summed E-state index contributed by atoms with van der Waals surface area (Å²) in [6, 6.07) is 15.9. The Labute approximate surface area is 124 Å². The van der Waals surface area contributed by atoms with E-state index in [4.69, 9.17) is 0 Å². The van der Waals surface area contributed by atoms with Crippen molar-refractivity contribution in [3.63, 3.8) is 0 Å². The van der Waals surface area contributed by atoms with Crippen LogP contribution in [-0.2, 0) is 0 Å². The molecule has 0 saturated heterocycles. The molecule has 0 aliphatic heterocycles. The molecule has 4 nitrogen and oxygen atoms in total. The maximum absolute atomic E-state index is 4.38. The van der Waals surface area contributed by atoms with Gasteiger partial charge >= 0.3 is 0 Å². The third-order valence-corrected chi connectivity index (χ3v) is 3.65. The molecule has 2 aromatic carbocycles.